The Kier molecular flexibility index (Phi) is 5.13. The predicted molar refractivity (Wildman–Crippen MR) is 122 cm³/mol. The summed E-state index contributed by atoms with van der Waals surface area (Å²) in [6.07, 6.45) is 7.72. The number of hydrazone groups is 1. The first-order chi connectivity index (χ1) is 15.7. The molecule has 1 aliphatic heterocycles. The van der Waals surface area contributed by atoms with E-state index in [1.807, 2.05) is 54.7 Å². The maximum absolute atomic E-state index is 13.2. The number of carbonyl (C=O) groups is 1. The number of ether oxygens (including phenoxy) is 2. The molecule has 1 amide bonds. The second-order valence-corrected chi connectivity index (χ2v) is 7.19. The van der Waals surface area contributed by atoms with Crippen LogP contribution < -0.4 is 4.74 Å². The number of H-pyrrole nitrogens is 1. The molecule has 1 unspecified atom stereocenters. The van der Waals surface area contributed by atoms with Crippen LogP contribution in [0.5, 0.6) is 5.75 Å². The highest BCUT2D eigenvalue weighted by molar-refractivity contribution is 5.99. The fourth-order valence-corrected chi connectivity index (χ4v) is 3.57. The Morgan fingerprint density at radius 3 is 2.66 bits per heavy atom. The minimum absolute atomic E-state index is 0.292. The molecule has 7 nitrogen and oxygen atoms in total. The van der Waals surface area contributed by atoms with Crippen LogP contribution in [0, 0.1) is 0 Å². The van der Waals surface area contributed by atoms with E-state index < -0.39 is 6.23 Å². The molecule has 5 rings (SSSR count). The molecule has 32 heavy (non-hydrogen) atoms. The third kappa shape index (κ3) is 3.72. The van der Waals surface area contributed by atoms with Gasteiger partial charge in [0.05, 0.1) is 7.11 Å². The van der Waals surface area contributed by atoms with Gasteiger partial charge in [0.2, 0.25) is 12.1 Å². The number of methoxy groups -OCH3 is 1. The van der Waals surface area contributed by atoms with Gasteiger partial charge in [-0.2, -0.15) is 5.01 Å². The summed E-state index contributed by atoms with van der Waals surface area (Å²) in [4.78, 5) is 20.4. The standard InChI is InChI=1S/C25H20N4O3/c1-31-19-9-6-17(7-10-19)8-11-23(30)29-25(21-16-27-22-5-3-2-4-20(21)22)32-24(28-29)18-12-14-26-15-13-18/h2-16,25,27H,1H3/b11-8-. The van der Waals surface area contributed by atoms with Crippen LogP contribution in [0.25, 0.3) is 17.0 Å². The first-order valence-electron chi connectivity index (χ1n) is 10.1. The van der Waals surface area contributed by atoms with Crippen LogP contribution in [0.3, 0.4) is 0 Å². The quantitative estimate of drug-likeness (QED) is 0.478. The van der Waals surface area contributed by atoms with Crippen molar-refractivity contribution in [3.63, 3.8) is 0 Å². The molecule has 1 N–H and O–H groups in total. The van der Waals surface area contributed by atoms with Gasteiger partial charge in [-0.25, -0.2) is 0 Å². The largest absolute Gasteiger partial charge is 0.497 e. The van der Waals surface area contributed by atoms with E-state index in [1.165, 1.54) is 11.1 Å². The Morgan fingerprint density at radius 1 is 1.09 bits per heavy atom. The Bertz CT molecular complexity index is 1310. The average molecular weight is 424 g/mol. The van der Waals surface area contributed by atoms with E-state index >= 15 is 0 Å². The molecule has 1 atom stereocenters. The molecule has 0 bridgehead atoms. The minimum Gasteiger partial charge on any atom is -0.497 e. The molecule has 1 aliphatic rings. The Hall–Kier alpha value is -4.39. The van der Waals surface area contributed by atoms with Gasteiger partial charge in [0, 0.05) is 46.7 Å². The molecule has 0 aliphatic carbocycles. The second-order valence-electron chi connectivity index (χ2n) is 7.19. The smallest absolute Gasteiger partial charge is 0.270 e. The third-order valence-electron chi connectivity index (χ3n) is 5.22. The van der Waals surface area contributed by atoms with Crippen LogP contribution >= 0.6 is 0 Å². The highest BCUT2D eigenvalue weighted by Gasteiger charge is 2.35. The highest BCUT2D eigenvalue weighted by Crippen LogP contribution is 2.34. The van der Waals surface area contributed by atoms with Gasteiger partial charge in [-0.05, 0) is 42.0 Å². The van der Waals surface area contributed by atoms with E-state index in [4.69, 9.17) is 9.47 Å². The van der Waals surface area contributed by atoms with Gasteiger partial charge in [-0.15, -0.1) is 5.10 Å². The molecular formula is C25H20N4O3. The summed E-state index contributed by atoms with van der Waals surface area (Å²) in [6.45, 7) is 0. The number of rotatable bonds is 5. The van der Waals surface area contributed by atoms with Gasteiger partial charge in [0.25, 0.3) is 5.91 Å². The van der Waals surface area contributed by atoms with Crippen molar-refractivity contribution >= 4 is 28.8 Å². The molecule has 0 spiro atoms. The zero-order valence-electron chi connectivity index (χ0n) is 17.3. The van der Waals surface area contributed by atoms with Crippen molar-refractivity contribution in [2.45, 2.75) is 6.23 Å². The fourth-order valence-electron chi connectivity index (χ4n) is 3.57. The van der Waals surface area contributed by atoms with Gasteiger partial charge in [0.1, 0.15) is 5.75 Å². The summed E-state index contributed by atoms with van der Waals surface area (Å²) < 4.78 is 11.4. The zero-order chi connectivity index (χ0) is 21.9. The number of aromatic amines is 1. The number of carbonyl (C=O) groups excluding carboxylic acids is 1. The molecule has 2 aromatic carbocycles. The van der Waals surface area contributed by atoms with Gasteiger partial charge in [-0.3, -0.25) is 9.78 Å². The highest BCUT2D eigenvalue weighted by atomic mass is 16.5. The summed E-state index contributed by atoms with van der Waals surface area (Å²) in [6, 6.07) is 18.9. The molecule has 0 saturated carbocycles. The van der Waals surface area contributed by atoms with E-state index in [-0.39, 0.29) is 5.91 Å². The Balaban J connectivity index is 1.48. The number of para-hydroxylation sites is 1. The summed E-state index contributed by atoms with van der Waals surface area (Å²) in [5.74, 6) is 0.835. The van der Waals surface area contributed by atoms with E-state index in [0.717, 1.165) is 33.3 Å². The lowest BCUT2D eigenvalue weighted by Crippen LogP contribution is -2.26. The van der Waals surface area contributed by atoms with Crippen LogP contribution in [-0.2, 0) is 9.53 Å². The summed E-state index contributed by atoms with van der Waals surface area (Å²) in [7, 11) is 1.62. The predicted octanol–water partition coefficient (Wildman–Crippen LogP) is 4.50. The molecule has 0 fully saturated rings. The van der Waals surface area contributed by atoms with Crippen molar-refractivity contribution < 1.29 is 14.3 Å². The molecule has 3 heterocycles. The second kappa shape index (κ2) is 8.39. The lowest BCUT2D eigenvalue weighted by Gasteiger charge is -2.18. The monoisotopic (exact) mass is 424 g/mol. The van der Waals surface area contributed by atoms with Crippen molar-refractivity contribution in [2.75, 3.05) is 7.11 Å². The summed E-state index contributed by atoms with van der Waals surface area (Å²) in [5.41, 5.74) is 3.42. The van der Waals surface area contributed by atoms with Crippen molar-refractivity contribution in [3.05, 3.63) is 102 Å². The molecule has 0 radical (unpaired) electrons. The number of hydrogen-bond donors (Lipinski definition) is 1. The van der Waals surface area contributed by atoms with Crippen molar-refractivity contribution in [1.29, 1.82) is 0 Å². The van der Waals surface area contributed by atoms with E-state index in [9.17, 15) is 4.79 Å². The number of benzene rings is 2. The number of nitrogens with zero attached hydrogens (tertiary/aromatic N) is 3. The van der Waals surface area contributed by atoms with Gasteiger partial charge in [0.15, 0.2) is 0 Å². The molecule has 158 valence electrons. The number of aromatic nitrogens is 2. The number of hydrogen-bond acceptors (Lipinski definition) is 5. The number of fused-ring (bicyclic) bond motifs is 1. The maximum atomic E-state index is 13.2. The Labute approximate surface area is 184 Å². The van der Waals surface area contributed by atoms with E-state index in [1.54, 1.807) is 37.7 Å². The minimum atomic E-state index is -0.692. The Morgan fingerprint density at radius 2 is 1.88 bits per heavy atom. The molecule has 2 aromatic heterocycles. The van der Waals surface area contributed by atoms with Crippen LogP contribution in [0.1, 0.15) is 22.9 Å². The number of pyridine rings is 1. The zero-order valence-corrected chi connectivity index (χ0v) is 17.3. The van der Waals surface area contributed by atoms with Crippen LogP contribution in [0.4, 0.5) is 0 Å². The number of amides is 1. The lowest BCUT2D eigenvalue weighted by atomic mass is 10.1. The fraction of sp³-hybridized carbons (Fsp3) is 0.0800. The normalized spacial score (nSPS) is 15.7. The van der Waals surface area contributed by atoms with Crippen molar-refractivity contribution in [1.82, 2.24) is 15.0 Å². The SMILES string of the molecule is COc1ccc(/C=C\C(=O)N2N=C(c3ccncc3)OC2c2c[nH]c3ccccc23)cc1. The third-order valence-corrected chi connectivity index (χ3v) is 5.22. The van der Waals surface area contributed by atoms with Crippen LogP contribution in [0.2, 0.25) is 0 Å². The van der Waals surface area contributed by atoms with Crippen molar-refractivity contribution in [2.24, 2.45) is 5.10 Å². The summed E-state index contributed by atoms with van der Waals surface area (Å²) >= 11 is 0. The molecule has 0 saturated heterocycles. The molecule has 7 heteroatoms. The lowest BCUT2D eigenvalue weighted by molar-refractivity contribution is -0.132. The van der Waals surface area contributed by atoms with E-state index in [0.29, 0.717) is 5.90 Å². The van der Waals surface area contributed by atoms with E-state index in [2.05, 4.69) is 15.1 Å². The van der Waals surface area contributed by atoms with Gasteiger partial charge >= 0.3 is 0 Å². The number of nitrogens with one attached hydrogen (secondary N) is 1. The molecular weight excluding hydrogens is 404 g/mol. The first kappa shape index (κ1) is 19.6. The van der Waals surface area contributed by atoms with Crippen LogP contribution in [0.15, 0.2) is 90.4 Å². The average Bonchev–Trinajstić information content (AvgIpc) is 3.48. The van der Waals surface area contributed by atoms with Crippen LogP contribution in [-0.4, -0.2) is 33.9 Å². The first-order valence-corrected chi connectivity index (χ1v) is 10.1. The maximum Gasteiger partial charge on any atom is 0.270 e. The van der Waals surface area contributed by atoms with Crippen molar-refractivity contribution in [3.8, 4) is 5.75 Å². The van der Waals surface area contributed by atoms with Gasteiger partial charge < -0.3 is 14.5 Å². The molecule has 4 aromatic rings. The van der Waals surface area contributed by atoms with Gasteiger partial charge in [-0.1, -0.05) is 30.3 Å². The summed E-state index contributed by atoms with van der Waals surface area (Å²) in [5, 5.41) is 6.85. The topological polar surface area (TPSA) is 79.8 Å².